The highest BCUT2D eigenvalue weighted by atomic mass is 35.5. The molecule has 2 amide bonds. The minimum atomic E-state index is -0.772. The van der Waals surface area contributed by atoms with Gasteiger partial charge in [0.1, 0.15) is 40.6 Å². The highest BCUT2D eigenvalue weighted by Crippen LogP contribution is 2.42. The van der Waals surface area contributed by atoms with Gasteiger partial charge in [0.15, 0.2) is 0 Å². The van der Waals surface area contributed by atoms with Crippen molar-refractivity contribution in [2.75, 3.05) is 60.5 Å². The maximum Gasteiger partial charge on any atom is 0.314 e. The average Bonchev–Trinajstić information content (AvgIpc) is 4.41. The number of carboxylic acid groups (broad SMARTS) is 1. The number of esters is 1. The number of benzene rings is 4. The number of carboxylic acids is 1. The van der Waals surface area contributed by atoms with Crippen molar-refractivity contribution < 1.29 is 52.7 Å². The van der Waals surface area contributed by atoms with Crippen LogP contribution in [0.15, 0.2) is 97.6 Å². The predicted octanol–water partition coefficient (Wildman–Crippen LogP) is 11.1. The first-order valence-corrected chi connectivity index (χ1v) is 27.7. The Morgan fingerprint density at radius 2 is 1.05 bits per heavy atom. The number of hydrogen-bond donors (Lipinski definition) is 3. The Labute approximate surface area is 465 Å². The Morgan fingerprint density at radius 1 is 0.641 bits per heavy atom. The van der Waals surface area contributed by atoms with E-state index in [0.29, 0.717) is 59.4 Å². The number of aromatic nitrogens is 2. The molecule has 5 heterocycles. The van der Waals surface area contributed by atoms with E-state index >= 15 is 0 Å². The summed E-state index contributed by atoms with van der Waals surface area (Å²) in [6.45, 7) is 7.29. The summed E-state index contributed by atoms with van der Waals surface area (Å²) in [5.74, 6) is -0.658. The third kappa shape index (κ3) is 11.5. The van der Waals surface area contributed by atoms with E-state index in [1.54, 1.807) is 44.6 Å². The molecular weight excluding hydrogens is 1040 g/mol. The van der Waals surface area contributed by atoms with Gasteiger partial charge >= 0.3 is 11.9 Å². The molecular formula is C61H70Cl2N4O11. The molecule has 5 aliphatic rings. The molecule has 11 rings (SSSR count). The molecule has 2 saturated carbocycles. The van der Waals surface area contributed by atoms with Crippen LogP contribution in [0.3, 0.4) is 0 Å². The van der Waals surface area contributed by atoms with E-state index in [0.717, 1.165) is 109 Å². The van der Waals surface area contributed by atoms with Crippen molar-refractivity contribution in [3.8, 4) is 11.5 Å². The number of fused-ring (bicyclic) bond motifs is 2. The van der Waals surface area contributed by atoms with E-state index < -0.39 is 23.0 Å². The second-order valence-corrected chi connectivity index (χ2v) is 21.9. The van der Waals surface area contributed by atoms with Gasteiger partial charge < -0.3 is 53.3 Å². The Hall–Kier alpha value is -6.36. The maximum atomic E-state index is 13.5. The van der Waals surface area contributed by atoms with Gasteiger partial charge in [-0.1, -0.05) is 110 Å². The quantitative estimate of drug-likeness (QED) is 0.0621. The zero-order valence-corrected chi connectivity index (χ0v) is 46.4. The van der Waals surface area contributed by atoms with E-state index in [1.807, 2.05) is 83.9 Å². The van der Waals surface area contributed by atoms with Gasteiger partial charge in [0, 0.05) is 38.1 Å². The van der Waals surface area contributed by atoms with Crippen molar-refractivity contribution in [3.63, 3.8) is 0 Å². The molecule has 17 heteroatoms. The summed E-state index contributed by atoms with van der Waals surface area (Å²) in [5, 5.41) is 18.7. The number of methoxy groups -OCH3 is 2. The molecule has 4 aromatic carbocycles. The van der Waals surface area contributed by atoms with E-state index in [-0.39, 0.29) is 42.1 Å². The van der Waals surface area contributed by atoms with Crippen LogP contribution in [0.5, 0.6) is 11.5 Å². The number of nitrogens with zero attached hydrogens (tertiary/aromatic N) is 2. The largest absolute Gasteiger partial charge is 0.495 e. The monoisotopic (exact) mass is 1100 g/mol. The minimum absolute atomic E-state index is 0.177. The van der Waals surface area contributed by atoms with Crippen molar-refractivity contribution in [3.05, 3.63) is 141 Å². The number of aryl methyl sites for hydroxylation is 2. The number of carbonyl (C=O) groups excluding carboxylic acids is 3. The third-order valence-corrected chi connectivity index (χ3v) is 17.1. The Bertz CT molecular complexity index is 3120. The van der Waals surface area contributed by atoms with Gasteiger partial charge in [0.05, 0.1) is 73.6 Å². The van der Waals surface area contributed by atoms with Gasteiger partial charge in [-0.15, -0.1) is 0 Å². The van der Waals surface area contributed by atoms with Crippen molar-refractivity contribution >= 4 is 68.8 Å². The van der Waals surface area contributed by atoms with Gasteiger partial charge in [0.25, 0.3) is 11.8 Å². The number of amides is 2. The standard InChI is InChI=1S/C30H33ClN2O5.C27H29ClN2O5.C4H8O/c1-4-15-38-29(35)26(19-7-5-6-8-19)20-9-11-21(12-10-20)30(17-37-18-30)32-28(34)24-16-22-23(33(24)2)13-14-25(36-3)27(22)31;1-30-20-11-12-22(34-2)24(28)19(20)13-21(30)25(31)29-27(14-35-15-27)18-9-7-17(8-10-18)23(26(32)33)16-5-3-4-6-16;1-2-4-5-3-1/h4,9-14,16,19,26H,1,5-8,15,17-18H2,2-3H3,(H,32,34);7-13,16,23H,3-6,14-15H2,1-2H3,(H,29,31)(H,32,33);1-4H2. The van der Waals surface area contributed by atoms with Gasteiger partial charge in [-0.2, -0.15) is 0 Å². The lowest BCUT2D eigenvalue weighted by atomic mass is 9.82. The number of halogens is 2. The van der Waals surface area contributed by atoms with Crippen LogP contribution in [0.25, 0.3) is 21.8 Å². The lowest BCUT2D eigenvalue weighted by Crippen LogP contribution is -2.59. The summed E-state index contributed by atoms with van der Waals surface area (Å²) in [5.41, 5.74) is 4.90. The topological polar surface area (TPSA) is 178 Å². The zero-order valence-electron chi connectivity index (χ0n) is 44.9. The molecule has 3 aliphatic heterocycles. The summed E-state index contributed by atoms with van der Waals surface area (Å²) in [4.78, 5) is 51.8. The molecule has 3 saturated heterocycles. The van der Waals surface area contributed by atoms with Crippen LogP contribution >= 0.6 is 23.2 Å². The van der Waals surface area contributed by atoms with Gasteiger partial charge in [0.2, 0.25) is 0 Å². The molecule has 2 aliphatic carbocycles. The zero-order chi connectivity index (χ0) is 55.1. The molecule has 414 valence electrons. The number of nitrogens with one attached hydrogen (secondary N) is 2. The number of aliphatic carboxylic acids is 1. The van der Waals surface area contributed by atoms with Crippen molar-refractivity contribution in [2.24, 2.45) is 25.9 Å². The number of ether oxygens (including phenoxy) is 6. The van der Waals surface area contributed by atoms with E-state index in [4.69, 9.17) is 51.6 Å². The first-order valence-electron chi connectivity index (χ1n) is 27.0. The lowest BCUT2D eigenvalue weighted by Gasteiger charge is -2.42. The molecule has 15 nitrogen and oxygen atoms in total. The fraction of sp³-hybridized carbons (Fsp3) is 0.443. The first-order chi connectivity index (χ1) is 37.7. The molecule has 0 spiro atoms. The fourth-order valence-corrected chi connectivity index (χ4v) is 12.4. The Balaban J connectivity index is 0.000000174. The first kappa shape index (κ1) is 56.4. The number of rotatable bonds is 16. The maximum absolute atomic E-state index is 13.5. The van der Waals surface area contributed by atoms with Crippen LogP contribution < -0.4 is 20.1 Å². The van der Waals surface area contributed by atoms with Crippen LogP contribution in [0.2, 0.25) is 10.0 Å². The molecule has 2 atom stereocenters. The number of carbonyl (C=O) groups is 4. The summed E-state index contributed by atoms with van der Waals surface area (Å²) < 4.78 is 35.8. The summed E-state index contributed by atoms with van der Waals surface area (Å²) in [6.07, 6.45) is 12.5. The van der Waals surface area contributed by atoms with E-state index in [9.17, 15) is 24.3 Å². The van der Waals surface area contributed by atoms with Crippen molar-refractivity contribution in [2.45, 2.75) is 87.1 Å². The van der Waals surface area contributed by atoms with Crippen LogP contribution in [-0.4, -0.2) is 98.5 Å². The molecule has 3 N–H and O–H groups in total. The van der Waals surface area contributed by atoms with Crippen molar-refractivity contribution in [1.82, 2.24) is 19.8 Å². The molecule has 5 fully saturated rings. The number of hydrogen-bond acceptors (Lipinski definition) is 10. The second kappa shape index (κ2) is 24.8. The summed E-state index contributed by atoms with van der Waals surface area (Å²) >= 11 is 13.0. The summed E-state index contributed by atoms with van der Waals surface area (Å²) in [7, 11) is 6.79. The van der Waals surface area contributed by atoms with Crippen LogP contribution in [0.4, 0.5) is 0 Å². The highest BCUT2D eigenvalue weighted by molar-refractivity contribution is 6.37. The molecule has 2 aromatic heterocycles. The van der Waals surface area contributed by atoms with Gasteiger partial charge in [-0.3, -0.25) is 19.2 Å². The normalized spacial score (nSPS) is 18.3. The third-order valence-electron chi connectivity index (χ3n) is 16.3. The van der Waals surface area contributed by atoms with Crippen LogP contribution in [0.1, 0.15) is 119 Å². The molecule has 2 unspecified atom stereocenters. The van der Waals surface area contributed by atoms with Crippen LogP contribution in [-0.2, 0) is 53.7 Å². The Kier molecular flexibility index (Phi) is 17.9. The molecule has 78 heavy (non-hydrogen) atoms. The molecule has 6 aromatic rings. The second-order valence-electron chi connectivity index (χ2n) is 21.1. The molecule has 0 radical (unpaired) electrons. The molecule has 0 bridgehead atoms. The van der Waals surface area contributed by atoms with Gasteiger partial charge in [-0.25, -0.2) is 0 Å². The van der Waals surface area contributed by atoms with E-state index in [2.05, 4.69) is 17.2 Å². The minimum Gasteiger partial charge on any atom is -0.495 e. The van der Waals surface area contributed by atoms with E-state index in [1.165, 1.54) is 12.8 Å². The average molecular weight is 1110 g/mol. The fourth-order valence-electron chi connectivity index (χ4n) is 11.8. The lowest BCUT2D eigenvalue weighted by molar-refractivity contribution is -0.145. The van der Waals surface area contributed by atoms with Crippen molar-refractivity contribution in [1.29, 1.82) is 0 Å². The summed E-state index contributed by atoms with van der Waals surface area (Å²) in [6, 6.07) is 26.5. The Morgan fingerprint density at radius 3 is 1.40 bits per heavy atom. The van der Waals surface area contributed by atoms with Gasteiger partial charge in [-0.05, 0) is 109 Å². The smallest absolute Gasteiger partial charge is 0.314 e. The predicted molar refractivity (Wildman–Crippen MR) is 300 cm³/mol. The van der Waals surface area contributed by atoms with Crippen LogP contribution in [0, 0.1) is 11.8 Å². The SMILES string of the molecule is C1CCOC1.C=CCOC(=O)C(c1ccc(C2(NC(=O)c3cc4c(Cl)c(OC)ccc4n3C)COC2)cc1)C1CCCC1.COc1ccc2c(cc(C(=O)NC3(c4ccc(C(C(=O)O)C5CCCC5)cc4)COC3)n2C)c1Cl. The highest BCUT2D eigenvalue weighted by Gasteiger charge is 2.44.